The second kappa shape index (κ2) is 6.37. The van der Waals surface area contributed by atoms with Gasteiger partial charge in [0.15, 0.2) is 5.76 Å². The van der Waals surface area contributed by atoms with Crippen molar-refractivity contribution in [2.24, 2.45) is 5.73 Å². The fraction of sp³-hybridized carbons (Fsp3) is 0.0769. The van der Waals surface area contributed by atoms with E-state index in [1.807, 2.05) is 0 Å². The van der Waals surface area contributed by atoms with Gasteiger partial charge in [-0.1, -0.05) is 0 Å². The highest BCUT2D eigenvalue weighted by atomic mass is 32.2. The first-order valence-electron chi connectivity index (χ1n) is 6.22. The number of hydrogen-bond donors (Lipinski definition) is 2. The number of hydrogen-bond acceptors (Lipinski definition) is 6. The number of rotatable bonds is 4. The summed E-state index contributed by atoms with van der Waals surface area (Å²) >= 11 is 0. The van der Waals surface area contributed by atoms with E-state index in [4.69, 9.17) is 15.6 Å². The minimum absolute atomic E-state index is 0.00103. The molecule has 11 heteroatoms. The van der Waals surface area contributed by atoms with Crippen LogP contribution in [-0.4, -0.2) is 31.6 Å². The van der Waals surface area contributed by atoms with Crippen molar-refractivity contribution < 1.29 is 30.7 Å². The van der Waals surface area contributed by atoms with Gasteiger partial charge in [0.25, 0.3) is 10.1 Å². The van der Waals surface area contributed by atoms with Gasteiger partial charge in [-0.3, -0.25) is 10.2 Å². The lowest BCUT2D eigenvalue weighted by Crippen LogP contribution is -2.42. The van der Waals surface area contributed by atoms with E-state index < -0.39 is 39.4 Å². The molecule has 0 aliphatic heterocycles. The zero-order chi connectivity index (χ0) is 18.1. The highest BCUT2D eigenvalue weighted by molar-refractivity contribution is 7.85. The smallest absolute Gasteiger partial charge is 0.321 e. The number of hydroxylamine groups is 2. The topological polar surface area (TPSA) is 127 Å². The van der Waals surface area contributed by atoms with E-state index in [0.29, 0.717) is 12.3 Å². The summed E-state index contributed by atoms with van der Waals surface area (Å²) in [5, 5.41) is 7.19. The quantitative estimate of drug-likeness (QED) is 0.483. The molecule has 1 aromatic heterocycles. The molecule has 24 heavy (non-hydrogen) atoms. The average Bonchev–Trinajstić information content (AvgIpc) is 2.92. The second-order valence-electron chi connectivity index (χ2n) is 4.55. The summed E-state index contributed by atoms with van der Waals surface area (Å²) in [5.41, 5.74) is 4.98. The van der Waals surface area contributed by atoms with E-state index in [9.17, 15) is 22.0 Å². The van der Waals surface area contributed by atoms with E-state index >= 15 is 0 Å². The molecule has 0 saturated carbocycles. The summed E-state index contributed by atoms with van der Waals surface area (Å²) < 4.78 is 58.2. The number of benzene rings is 1. The number of halogens is 2. The number of nitrogens with zero attached hydrogens (tertiary/aromatic N) is 1. The van der Waals surface area contributed by atoms with Crippen LogP contribution in [0.4, 0.5) is 8.78 Å². The zero-order valence-corrected chi connectivity index (χ0v) is 12.9. The van der Waals surface area contributed by atoms with Crippen molar-refractivity contribution in [3.8, 4) is 11.3 Å². The van der Waals surface area contributed by atoms with Gasteiger partial charge in [0, 0.05) is 6.07 Å². The Balaban J connectivity index is 2.35. The molecule has 0 unspecified atom stereocenters. The van der Waals surface area contributed by atoms with Crippen molar-refractivity contribution in [2.75, 3.05) is 6.26 Å². The average molecular weight is 359 g/mol. The number of guanidine groups is 1. The molecular weight excluding hydrogens is 348 g/mol. The monoisotopic (exact) mass is 359 g/mol. The summed E-state index contributed by atoms with van der Waals surface area (Å²) in [6.45, 7) is 0. The lowest BCUT2D eigenvalue weighted by molar-refractivity contribution is 0.0173. The van der Waals surface area contributed by atoms with Gasteiger partial charge >= 0.3 is 5.91 Å². The van der Waals surface area contributed by atoms with Crippen molar-refractivity contribution in [2.45, 2.75) is 0 Å². The predicted octanol–water partition coefficient (Wildman–Crippen LogP) is 1.45. The van der Waals surface area contributed by atoms with Gasteiger partial charge in [-0.15, -0.1) is 9.35 Å². The molecule has 0 aliphatic rings. The highest BCUT2D eigenvalue weighted by Gasteiger charge is 2.27. The van der Waals surface area contributed by atoms with Gasteiger partial charge in [0.2, 0.25) is 5.96 Å². The van der Waals surface area contributed by atoms with Crippen LogP contribution in [0.25, 0.3) is 11.3 Å². The minimum Gasteiger partial charge on any atom is -0.451 e. The van der Waals surface area contributed by atoms with Crippen LogP contribution in [0.5, 0.6) is 0 Å². The standard InChI is InChI=1S/C13H11F2N3O5S/c1-24(20,21)23-18(13(16)17)12(19)11-5-4-10(22-11)8-3-2-7(14)6-9(8)15/h2-6H,1H3,(H3,16,17). The molecule has 1 aromatic carbocycles. The molecule has 0 spiro atoms. The molecule has 128 valence electrons. The Morgan fingerprint density at radius 2 is 1.96 bits per heavy atom. The van der Waals surface area contributed by atoms with Crippen LogP contribution in [0, 0.1) is 17.0 Å². The molecule has 0 aliphatic carbocycles. The molecule has 0 atom stereocenters. The summed E-state index contributed by atoms with van der Waals surface area (Å²) in [6.07, 6.45) is 0.650. The van der Waals surface area contributed by atoms with Crippen molar-refractivity contribution in [3.63, 3.8) is 0 Å². The van der Waals surface area contributed by atoms with Crippen LogP contribution in [0.1, 0.15) is 10.6 Å². The van der Waals surface area contributed by atoms with E-state index in [1.165, 1.54) is 6.07 Å². The fourth-order valence-corrected chi connectivity index (χ4v) is 2.12. The third-order valence-electron chi connectivity index (χ3n) is 2.63. The molecular formula is C13H11F2N3O5S. The molecule has 0 radical (unpaired) electrons. The fourth-order valence-electron chi connectivity index (χ4n) is 1.71. The molecule has 1 heterocycles. The highest BCUT2D eigenvalue weighted by Crippen LogP contribution is 2.26. The van der Waals surface area contributed by atoms with E-state index in [2.05, 4.69) is 4.28 Å². The van der Waals surface area contributed by atoms with Crippen LogP contribution < -0.4 is 5.73 Å². The van der Waals surface area contributed by atoms with Crippen LogP contribution >= 0.6 is 0 Å². The molecule has 2 aromatic rings. The molecule has 8 nitrogen and oxygen atoms in total. The van der Waals surface area contributed by atoms with Gasteiger partial charge in [0.1, 0.15) is 17.4 Å². The number of nitrogens with one attached hydrogen (secondary N) is 1. The largest absolute Gasteiger partial charge is 0.451 e. The Kier molecular flexibility index (Phi) is 4.66. The van der Waals surface area contributed by atoms with Gasteiger partial charge in [-0.25, -0.2) is 8.78 Å². The van der Waals surface area contributed by atoms with Crippen LogP contribution in [0.15, 0.2) is 34.7 Å². The first kappa shape index (κ1) is 17.6. The van der Waals surface area contributed by atoms with Crippen molar-refractivity contribution >= 4 is 22.0 Å². The normalized spacial score (nSPS) is 11.3. The van der Waals surface area contributed by atoms with Gasteiger partial charge in [0.05, 0.1) is 11.8 Å². The van der Waals surface area contributed by atoms with Crippen molar-refractivity contribution in [1.29, 1.82) is 5.41 Å². The minimum atomic E-state index is -4.14. The zero-order valence-electron chi connectivity index (χ0n) is 12.1. The Labute approximate surface area is 135 Å². The number of amides is 1. The van der Waals surface area contributed by atoms with Crippen molar-refractivity contribution in [1.82, 2.24) is 5.06 Å². The number of carbonyl (C=O) groups excluding carboxylic acids is 1. The van der Waals surface area contributed by atoms with Gasteiger partial charge in [-0.2, -0.15) is 8.42 Å². The Bertz CT molecular complexity index is 910. The molecule has 0 fully saturated rings. The maximum atomic E-state index is 13.7. The Morgan fingerprint density at radius 1 is 1.29 bits per heavy atom. The lowest BCUT2D eigenvalue weighted by atomic mass is 10.1. The summed E-state index contributed by atoms with van der Waals surface area (Å²) in [4.78, 5) is 12.1. The van der Waals surface area contributed by atoms with Crippen LogP contribution in [0.2, 0.25) is 0 Å². The van der Waals surface area contributed by atoms with Crippen LogP contribution in [0.3, 0.4) is 0 Å². The van der Waals surface area contributed by atoms with E-state index in [-0.39, 0.29) is 16.4 Å². The molecule has 1 amide bonds. The Hall–Kier alpha value is -2.79. The van der Waals surface area contributed by atoms with Gasteiger partial charge in [-0.05, 0) is 24.3 Å². The van der Waals surface area contributed by atoms with E-state index in [1.54, 1.807) is 0 Å². The maximum Gasteiger partial charge on any atom is 0.321 e. The second-order valence-corrected chi connectivity index (χ2v) is 6.11. The summed E-state index contributed by atoms with van der Waals surface area (Å²) in [5.74, 6) is -4.48. The third kappa shape index (κ3) is 3.94. The maximum absolute atomic E-state index is 13.7. The van der Waals surface area contributed by atoms with Crippen LogP contribution in [-0.2, 0) is 14.4 Å². The predicted molar refractivity (Wildman–Crippen MR) is 78.1 cm³/mol. The third-order valence-corrected chi connectivity index (χ3v) is 3.05. The summed E-state index contributed by atoms with van der Waals surface area (Å²) in [6, 6.07) is 5.04. The van der Waals surface area contributed by atoms with Gasteiger partial charge < -0.3 is 10.2 Å². The molecule has 3 N–H and O–H groups in total. The van der Waals surface area contributed by atoms with Crippen molar-refractivity contribution in [3.05, 3.63) is 47.7 Å². The summed E-state index contributed by atoms with van der Waals surface area (Å²) in [7, 11) is -4.14. The number of carbonyl (C=O) groups is 1. The number of nitrogens with two attached hydrogens (primary N) is 1. The number of furan rings is 1. The van der Waals surface area contributed by atoms with E-state index in [0.717, 1.165) is 18.2 Å². The first-order chi connectivity index (χ1) is 11.1. The molecule has 2 rings (SSSR count). The molecule has 0 saturated heterocycles. The SMILES string of the molecule is CS(=O)(=O)ON(C(=N)N)C(=O)c1ccc(-c2ccc(F)cc2F)o1. The lowest BCUT2D eigenvalue weighted by Gasteiger charge is -2.16. The first-order valence-corrected chi connectivity index (χ1v) is 8.03. The Morgan fingerprint density at radius 3 is 2.50 bits per heavy atom. The molecule has 0 bridgehead atoms.